The van der Waals surface area contributed by atoms with Crippen LogP contribution in [0.15, 0.2) is 48.5 Å². The molecule has 2 aromatic rings. The number of halogens is 2. The van der Waals surface area contributed by atoms with Gasteiger partial charge in [-0.3, -0.25) is 4.79 Å². The maximum atomic E-state index is 13.2. The summed E-state index contributed by atoms with van der Waals surface area (Å²) in [4.78, 5) is 13.2. The summed E-state index contributed by atoms with van der Waals surface area (Å²) in [6.45, 7) is 0. The molecular formula is C20H21Cl2NO. The highest BCUT2D eigenvalue weighted by atomic mass is 35.5. The van der Waals surface area contributed by atoms with E-state index in [1.807, 2.05) is 36.4 Å². The van der Waals surface area contributed by atoms with Crippen LogP contribution in [0.4, 0.5) is 0 Å². The second-order valence-corrected chi connectivity index (χ2v) is 7.11. The number of hydrogen-bond acceptors (Lipinski definition) is 2. The van der Waals surface area contributed by atoms with Crippen LogP contribution in [0.3, 0.4) is 0 Å². The van der Waals surface area contributed by atoms with Crippen LogP contribution in [0.1, 0.15) is 54.1 Å². The lowest BCUT2D eigenvalue weighted by Crippen LogP contribution is -2.38. The van der Waals surface area contributed by atoms with E-state index < -0.39 is 6.04 Å². The van der Waals surface area contributed by atoms with Gasteiger partial charge in [0.15, 0.2) is 5.78 Å². The Hall–Kier alpha value is -1.35. The predicted molar refractivity (Wildman–Crippen MR) is 100.0 cm³/mol. The molecule has 1 unspecified atom stereocenters. The molecule has 1 atom stereocenters. The minimum absolute atomic E-state index is 0.0285. The molecule has 1 aliphatic rings. The summed E-state index contributed by atoms with van der Waals surface area (Å²) in [5, 5.41) is 4.63. The van der Waals surface area contributed by atoms with Crippen molar-refractivity contribution in [3.63, 3.8) is 0 Å². The fourth-order valence-electron chi connectivity index (χ4n) is 3.34. The van der Waals surface area contributed by atoms with E-state index in [0.29, 0.717) is 21.7 Å². The normalized spacial score (nSPS) is 16.8. The van der Waals surface area contributed by atoms with Crippen molar-refractivity contribution in [3.05, 3.63) is 69.7 Å². The molecule has 24 heavy (non-hydrogen) atoms. The standard InChI is InChI=1S/C20H21Cl2NO/c21-17-12-6-4-10-15(17)19(23-14-8-2-1-3-9-14)20(24)16-11-5-7-13-18(16)22/h4-7,10-14,19,23H,1-3,8-9H2. The van der Waals surface area contributed by atoms with Crippen molar-refractivity contribution in [1.29, 1.82) is 0 Å². The lowest BCUT2D eigenvalue weighted by atomic mass is 9.91. The van der Waals surface area contributed by atoms with Crippen LogP contribution in [-0.2, 0) is 0 Å². The Morgan fingerprint density at radius 1 is 0.917 bits per heavy atom. The van der Waals surface area contributed by atoms with Gasteiger partial charge < -0.3 is 5.32 Å². The minimum atomic E-state index is -0.471. The van der Waals surface area contributed by atoms with E-state index in [1.165, 1.54) is 19.3 Å². The van der Waals surface area contributed by atoms with Crippen LogP contribution in [0.25, 0.3) is 0 Å². The van der Waals surface area contributed by atoms with E-state index in [9.17, 15) is 4.79 Å². The topological polar surface area (TPSA) is 29.1 Å². The van der Waals surface area contributed by atoms with Crippen molar-refractivity contribution in [2.75, 3.05) is 0 Å². The van der Waals surface area contributed by atoms with E-state index in [-0.39, 0.29) is 5.78 Å². The molecule has 0 amide bonds. The van der Waals surface area contributed by atoms with Crippen molar-refractivity contribution in [2.45, 2.75) is 44.2 Å². The van der Waals surface area contributed by atoms with Gasteiger partial charge in [-0.2, -0.15) is 0 Å². The van der Waals surface area contributed by atoms with Gasteiger partial charge >= 0.3 is 0 Å². The van der Waals surface area contributed by atoms with Gasteiger partial charge in [0.1, 0.15) is 0 Å². The lowest BCUT2D eigenvalue weighted by Gasteiger charge is -2.28. The molecule has 1 saturated carbocycles. The van der Waals surface area contributed by atoms with Crippen LogP contribution in [0.2, 0.25) is 10.0 Å². The molecule has 2 aromatic carbocycles. The Labute approximate surface area is 153 Å². The summed E-state index contributed by atoms with van der Waals surface area (Å²) in [6.07, 6.45) is 5.86. The van der Waals surface area contributed by atoms with Crippen molar-refractivity contribution in [3.8, 4) is 0 Å². The average molecular weight is 362 g/mol. The Kier molecular flexibility index (Phi) is 5.94. The van der Waals surface area contributed by atoms with E-state index >= 15 is 0 Å². The molecule has 1 N–H and O–H groups in total. The van der Waals surface area contributed by atoms with Crippen LogP contribution in [-0.4, -0.2) is 11.8 Å². The van der Waals surface area contributed by atoms with Gasteiger partial charge in [-0.25, -0.2) is 0 Å². The summed E-state index contributed by atoms with van der Waals surface area (Å²) < 4.78 is 0. The average Bonchev–Trinajstić information content (AvgIpc) is 2.61. The van der Waals surface area contributed by atoms with Crippen molar-refractivity contribution in [1.82, 2.24) is 5.32 Å². The van der Waals surface area contributed by atoms with Crippen LogP contribution in [0.5, 0.6) is 0 Å². The first kappa shape index (κ1) is 17.5. The van der Waals surface area contributed by atoms with Gasteiger partial charge in [-0.1, -0.05) is 72.8 Å². The Balaban J connectivity index is 1.93. The second kappa shape index (κ2) is 8.15. The van der Waals surface area contributed by atoms with Crippen LogP contribution < -0.4 is 5.32 Å². The highest BCUT2D eigenvalue weighted by molar-refractivity contribution is 6.34. The zero-order valence-electron chi connectivity index (χ0n) is 13.5. The number of rotatable bonds is 5. The number of benzene rings is 2. The number of nitrogens with one attached hydrogen (secondary N) is 1. The fraction of sp³-hybridized carbons (Fsp3) is 0.350. The highest BCUT2D eigenvalue weighted by Crippen LogP contribution is 2.30. The number of carbonyl (C=O) groups is 1. The first-order valence-electron chi connectivity index (χ1n) is 8.46. The third kappa shape index (κ3) is 4.00. The van der Waals surface area contributed by atoms with Gasteiger partial charge in [0.25, 0.3) is 0 Å². The first-order chi connectivity index (χ1) is 11.7. The Morgan fingerprint density at radius 2 is 1.54 bits per heavy atom. The summed E-state index contributed by atoms with van der Waals surface area (Å²) in [6, 6.07) is 14.6. The fourth-order valence-corrected chi connectivity index (χ4v) is 3.81. The predicted octanol–water partition coefficient (Wildman–Crippen LogP) is 5.84. The second-order valence-electron chi connectivity index (χ2n) is 6.30. The molecular weight excluding hydrogens is 341 g/mol. The van der Waals surface area contributed by atoms with E-state index in [4.69, 9.17) is 23.2 Å². The zero-order chi connectivity index (χ0) is 16.9. The maximum Gasteiger partial charge on any atom is 0.185 e. The first-order valence-corrected chi connectivity index (χ1v) is 9.21. The number of carbonyl (C=O) groups excluding carboxylic acids is 1. The number of hydrogen-bond donors (Lipinski definition) is 1. The third-order valence-electron chi connectivity index (χ3n) is 4.63. The summed E-state index contributed by atoms with van der Waals surface area (Å²) in [5.74, 6) is -0.0285. The highest BCUT2D eigenvalue weighted by Gasteiger charge is 2.28. The Morgan fingerprint density at radius 3 is 2.21 bits per heavy atom. The largest absolute Gasteiger partial charge is 0.301 e. The quantitative estimate of drug-likeness (QED) is 0.677. The van der Waals surface area contributed by atoms with Gasteiger partial charge in [0, 0.05) is 16.6 Å². The maximum absolute atomic E-state index is 13.2. The van der Waals surface area contributed by atoms with Gasteiger partial charge in [-0.05, 0) is 36.6 Å². The summed E-state index contributed by atoms with van der Waals surface area (Å²) >= 11 is 12.6. The van der Waals surface area contributed by atoms with E-state index in [2.05, 4.69) is 5.32 Å². The smallest absolute Gasteiger partial charge is 0.185 e. The van der Waals surface area contributed by atoms with Crippen molar-refractivity contribution >= 4 is 29.0 Å². The number of Topliss-reactive ketones (excluding diaryl/α,β-unsaturated/α-hetero) is 1. The van der Waals surface area contributed by atoms with Gasteiger partial charge in [-0.15, -0.1) is 0 Å². The van der Waals surface area contributed by atoms with Crippen molar-refractivity contribution in [2.24, 2.45) is 0 Å². The molecule has 0 spiro atoms. The van der Waals surface area contributed by atoms with Crippen molar-refractivity contribution < 1.29 is 4.79 Å². The molecule has 0 saturated heterocycles. The molecule has 4 heteroatoms. The van der Waals surface area contributed by atoms with Crippen LogP contribution >= 0.6 is 23.2 Å². The molecule has 0 heterocycles. The zero-order valence-corrected chi connectivity index (χ0v) is 15.0. The monoisotopic (exact) mass is 361 g/mol. The van der Waals surface area contributed by atoms with Gasteiger partial charge in [0.05, 0.1) is 11.1 Å². The number of ketones is 1. The molecule has 2 nitrogen and oxygen atoms in total. The molecule has 3 rings (SSSR count). The molecule has 1 fully saturated rings. The summed E-state index contributed by atoms with van der Waals surface area (Å²) in [7, 11) is 0. The van der Waals surface area contributed by atoms with Crippen LogP contribution in [0, 0.1) is 0 Å². The van der Waals surface area contributed by atoms with Gasteiger partial charge in [0.2, 0.25) is 0 Å². The molecule has 1 aliphatic carbocycles. The molecule has 126 valence electrons. The van der Waals surface area contributed by atoms with E-state index in [1.54, 1.807) is 12.1 Å². The molecule has 0 bridgehead atoms. The summed E-state index contributed by atoms with van der Waals surface area (Å²) in [5.41, 5.74) is 1.35. The SMILES string of the molecule is O=C(c1ccccc1Cl)C(NC1CCCCC1)c1ccccc1Cl. The molecule has 0 aliphatic heterocycles. The Bertz CT molecular complexity index is 710. The third-order valence-corrected chi connectivity index (χ3v) is 5.30. The molecule has 0 radical (unpaired) electrons. The minimum Gasteiger partial charge on any atom is -0.301 e. The van der Waals surface area contributed by atoms with E-state index in [0.717, 1.165) is 18.4 Å². The molecule has 0 aromatic heterocycles. The lowest BCUT2D eigenvalue weighted by molar-refractivity contribution is 0.0931.